The lowest BCUT2D eigenvalue weighted by Gasteiger charge is -2.07. The lowest BCUT2D eigenvalue weighted by Crippen LogP contribution is -2.05. The summed E-state index contributed by atoms with van der Waals surface area (Å²) in [6, 6.07) is 0. The highest BCUT2D eigenvalue weighted by molar-refractivity contribution is 7.20. The van der Waals surface area contributed by atoms with E-state index in [1.807, 2.05) is 6.92 Å². The summed E-state index contributed by atoms with van der Waals surface area (Å²) in [7, 11) is 1.36. The predicted octanol–water partition coefficient (Wildman–Crippen LogP) is 2.84. The third-order valence-electron chi connectivity index (χ3n) is 3.46. The maximum absolute atomic E-state index is 11.8. The monoisotopic (exact) mass is 337 g/mol. The molecule has 0 fully saturated rings. The zero-order valence-corrected chi connectivity index (χ0v) is 13.9. The van der Waals surface area contributed by atoms with E-state index in [4.69, 9.17) is 9.84 Å². The molecule has 0 aliphatic carbocycles. The molecule has 0 aliphatic heterocycles. The number of rotatable bonds is 8. The van der Waals surface area contributed by atoms with Crippen LogP contribution in [-0.2, 0) is 9.53 Å². The van der Waals surface area contributed by atoms with E-state index >= 15 is 0 Å². The maximum atomic E-state index is 11.8. The van der Waals surface area contributed by atoms with Gasteiger partial charge in [-0.2, -0.15) is 0 Å². The van der Waals surface area contributed by atoms with Gasteiger partial charge >= 0.3 is 11.9 Å². The molecule has 0 amide bonds. The van der Waals surface area contributed by atoms with Crippen LogP contribution >= 0.6 is 11.3 Å². The SMILES string of the molecule is COC(=O)c1sc2ncnc(NCCCCCC(=O)O)c2c1C. The van der Waals surface area contributed by atoms with Gasteiger partial charge in [0.05, 0.1) is 12.5 Å². The molecule has 8 heteroatoms. The summed E-state index contributed by atoms with van der Waals surface area (Å²) < 4.78 is 4.79. The Morgan fingerprint density at radius 1 is 1.30 bits per heavy atom. The number of esters is 1. The highest BCUT2D eigenvalue weighted by atomic mass is 32.1. The first-order chi connectivity index (χ1) is 11.0. The van der Waals surface area contributed by atoms with Gasteiger partial charge in [-0.05, 0) is 25.3 Å². The average Bonchev–Trinajstić information content (AvgIpc) is 2.87. The van der Waals surface area contributed by atoms with E-state index < -0.39 is 5.97 Å². The number of hydrogen-bond donors (Lipinski definition) is 2. The molecule has 0 aliphatic rings. The van der Waals surface area contributed by atoms with E-state index in [9.17, 15) is 9.59 Å². The zero-order valence-electron chi connectivity index (χ0n) is 13.1. The van der Waals surface area contributed by atoms with Crippen molar-refractivity contribution >= 4 is 39.3 Å². The number of carboxylic acid groups (broad SMARTS) is 1. The molecule has 0 aromatic carbocycles. The topological polar surface area (TPSA) is 101 Å². The first kappa shape index (κ1) is 17.1. The Labute approximate surface area is 137 Å². The number of fused-ring (bicyclic) bond motifs is 1. The number of aromatic nitrogens is 2. The van der Waals surface area contributed by atoms with Gasteiger partial charge < -0.3 is 15.2 Å². The number of ether oxygens (including phenoxy) is 1. The van der Waals surface area contributed by atoms with E-state index in [1.54, 1.807) is 0 Å². The van der Waals surface area contributed by atoms with Crippen LogP contribution in [0.15, 0.2) is 6.33 Å². The second-order valence-corrected chi connectivity index (χ2v) is 6.08. The van der Waals surface area contributed by atoms with Gasteiger partial charge in [0.25, 0.3) is 0 Å². The highest BCUT2D eigenvalue weighted by Gasteiger charge is 2.19. The van der Waals surface area contributed by atoms with Gasteiger partial charge in [-0.1, -0.05) is 6.42 Å². The van der Waals surface area contributed by atoms with E-state index in [0.717, 1.165) is 28.6 Å². The van der Waals surface area contributed by atoms with Crippen LogP contribution in [0.1, 0.15) is 40.9 Å². The normalized spacial score (nSPS) is 10.7. The fourth-order valence-corrected chi connectivity index (χ4v) is 3.34. The molecule has 124 valence electrons. The molecule has 23 heavy (non-hydrogen) atoms. The lowest BCUT2D eigenvalue weighted by molar-refractivity contribution is -0.137. The number of aryl methyl sites for hydroxylation is 1. The molecule has 0 spiro atoms. The van der Waals surface area contributed by atoms with Crippen LogP contribution in [0.4, 0.5) is 5.82 Å². The molecule has 0 saturated carbocycles. The summed E-state index contributed by atoms with van der Waals surface area (Å²) in [4.78, 5) is 32.0. The Balaban J connectivity index is 2.05. The largest absolute Gasteiger partial charge is 0.481 e. The minimum Gasteiger partial charge on any atom is -0.481 e. The molecule has 0 bridgehead atoms. The van der Waals surface area contributed by atoms with Crippen molar-refractivity contribution in [3.8, 4) is 0 Å². The molecule has 0 atom stereocenters. The van der Waals surface area contributed by atoms with Crippen molar-refractivity contribution in [2.24, 2.45) is 0 Å². The molecule has 2 heterocycles. The molecule has 2 aromatic rings. The second-order valence-electron chi connectivity index (χ2n) is 5.08. The molecule has 2 N–H and O–H groups in total. The summed E-state index contributed by atoms with van der Waals surface area (Å²) in [5, 5.41) is 12.7. The van der Waals surface area contributed by atoms with Crippen molar-refractivity contribution in [1.29, 1.82) is 0 Å². The Morgan fingerprint density at radius 3 is 2.78 bits per heavy atom. The lowest BCUT2D eigenvalue weighted by atomic mass is 10.2. The third kappa shape index (κ3) is 4.16. The number of unbranched alkanes of at least 4 members (excludes halogenated alkanes) is 2. The van der Waals surface area contributed by atoms with Gasteiger partial charge in [0.15, 0.2) is 0 Å². The number of carboxylic acids is 1. The quantitative estimate of drug-likeness (QED) is 0.564. The first-order valence-electron chi connectivity index (χ1n) is 7.32. The molecule has 2 aromatic heterocycles. The van der Waals surface area contributed by atoms with Crippen LogP contribution in [0, 0.1) is 6.92 Å². The molecule has 0 unspecified atom stereocenters. The summed E-state index contributed by atoms with van der Waals surface area (Å²) in [6.45, 7) is 2.54. The van der Waals surface area contributed by atoms with Crippen LogP contribution in [0.25, 0.3) is 10.2 Å². The second kappa shape index (κ2) is 7.87. The summed E-state index contributed by atoms with van der Waals surface area (Å²) in [5.41, 5.74) is 0.811. The Hall–Kier alpha value is -2.22. The molecule has 0 radical (unpaired) electrons. The summed E-state index contributed by atoms with van der Waals surface area (Å²) in [6.07, 6.45) is 4.02. The Morgan fingerprint density at radius 2 is 2.09 bits per heavy atom. The van der Waals surface area contributed by atoms with E-state index in [0.29, 0.717) is 23.7 Å². The standard InChI is InChI=1S/C15H19N3O4S/c1-9-11-13(16-7-5-3-4-6-10(19)20)17-8-18-14(11)23-12(9)15(21)22-2/h8H,3-7H2,1-2H3,(H,19,20)(H,16,17,18). The number of carbonyl (C=O) groups excluding carboxylic acids is 1. The van der Waals surface area contributed by atoms with Gasteiger partial charge in [-0.25, -0.2) is 14.8 Å². The number of anilines is 1. The van der Waals surface area contributed by atoms with Crippen LogP contribution in [0.2, 0.25) is 0 Å². The number of carbonyl (C=O) groups is 2. The van der Waals surface area contributed by atoms with E-state index in [-0.39, 0.29) is 12.4 Å². The van der Waals surface area contributed by atoms with E-state index in [2.05, 4.69) is 15.3 Å². The fraction of sp³-hybridized carbons (Fsp3) is 0.467. The number of methoxy groups -OCH3 is 1. The number of aliphatic carboxylic acids is 1. The van der Waals surface area contributed by atoms with Crippen LogP contribution in [0.3, 0.4) is 0 Å². The van der Waals surface area contributed by atoms with Gasteiger partial charge in [-0.3, -0.25) is 4.79 Å². The van der Waals surface area contributed by atoms with E-state index in [1.165, 1.54) is 24.8 Å². The molecule has 7 nitrogen and oxygen atoms in total. The molecular weight excluding hydrogens is 318 g/mol. The maximum Gasteiger partial charge on any atom is 0.348 e. The Bertz CT molecular complexity index is 714. The molecule has 0 saturated heterocycles. The Kier molecular flexibility index (Phi) is 5.86. The minimum absolute atomic E-state index is 0.198. The highest BCUT2D eigenvalue weighted by Crippen LogP contribution is 2.33. The van der Waals surface area contributed by atoms with Crippen LogP contribution in [0.5, 0.6) is 0 Å². The third-order valence-corrected chi connectivity index (χ3v) is 4.64. The summed E-state index contributed by atoms with van der Waals surface area (Å²) in [5.74, 6) is -0.443. The number of nitrogens with zero attached hydrogens (tertiary/aromatic N) is 2. The molecule has 2 rings (SSSR count). The van der Waals surface area contributed by atoms with Crippen molar-refractivity contribution in [3.05, 3.63) is 16.8 Å². The van der Waals surface area contributed by atoms with Crippen molar-refractivity contribution < 1.29 is 19.4 Å². The van der Waals surface area contributed by atoms with Crippen LogP contribution < -0.4 is 5.32 Å². The van der Waals surface area contributed by atoms with Gasteiger partial charge in [0, 0.05) is 13.0 Å². The number of thiophene rings is 1. The fourth-order valence-electron chi connectivity index (χ4n) is 2.28. The first-order valence-corrected chi connectivity index (χ1v) is 8.14. The van der Waals surface area contributed by atoms with Gasteiger partial charge in [-0.15, -0.1) is 11.3 Å². The van der Waals surface area contributed by atoms with Gasteiger partial charge in [0.2, 0.25) is 0 Å². The minimum atomic E-state index is -0.764. The average molecular weight is 337 g/mol. The smallest absolute Gasteiger partial charge is 0.348 e. The van der Waals surface area contributed by atoms with Gasteiger partial charge in [0.1, 0.15) is 21.9 Å². The van der Waals surface area contributed by atoms with Crippen molar-refractivity contribution in [2.75, 3.05) is 19.0 Å². The van der Waals surface area contributed by atoms with Crippen LogP contribution in [-0.4, -0.2) is 40.7 Å². The summed E-state index contributed by atoms with van der Waals surface area (Å²) >= 11 is 1.29. The number of hydrogen-bond acceptors (Lipinski definition) is 7. The van der Waals surface area contributed by atoms with Crippen molar-refractivity contribution in [2.45, 2.75) is 32.6 Å². The van der Waals surface area contributed by atoms with Crippen molar-refractivity contribution in [1.82, 2.24) is 9.97 Å². The molecular formula is C15H19N3O4S. The predicted molar refractivity (Wildman–Crippen MR) is 88.1 cm³/mol. The number of nitrogens with one attached hydrogen (secondary N) is 1. The zero-order chi connectivity index (χ0) is 16.8. The van der Waals surface area contributed by atoms with Crippen molar-refractivity contribution in [3.63, 3.8) is 0 Å².